The fourth-order valence-corrected chi connectivity index (χ4v) is 6.48. The molecule has 3 aliphatic rings. The highest BCUT2D eigenvalue weighted by atomic mass is 35.5. The maximum atomic E-state index is 13.9. The smallest absolute Gasteiger partial charge is 0.411 e. The van der Waals surface area contributed by atoms with Gasteiger partial charge in [0.2, 0.25) is 0 Å². The summed E-state index contributed by atoms with van der Waals surface area (Å²) in [7, 11) is 0. The van der Waals surface area contributed by atoms with E-state index in [1.54, 1.807) is 13.0 Å². The minimum absolute atomic E-state index is 0.0865. The minimum atomic E-state index is -0.606. The average Bonchev–Trinajstić information content (AvgIpc) is 3.22. The highest BCUT2D eigenvalue weighted by molar-refractivity contribution is 6.30. The summed E-state index contributed by atoms with van der Waals surface area (Å²) in [4.78, 5) is 29.0. The van der Waals surface area contributed by atoms with Crippen molar-refractivity contribution in [3.8, 4) is 0 Å². The van der Waals surface area contributed by atoms with Gasteiger partial charge < -0.3 is 14.8 Å². The summed E-state index contributed by atoms with van der Waals surface area (Å²) in [5.41, 5.74) is 4.89. The molecule has 2 aliphatic heterocycles. The second-order valence-electron chi connectivity index (χ2n) is 9.56. The number of likely N-dealkylation sites (tertiary alicyclic amines) is 1. The Bertz CT molecular complexity index is 1310. The van der Waals surface area contributed by atoms with Crippen molar-refractivity contribution in [2.24, 2.45) is 5.92 Å². The molecule has 6 nitrogen and oxygen atoms in total. The highest BCUT2D eigenvalue weighted by Gasteiger charge is 2.58. The molecule has 2 unspecified atom stereocenters. The Morgan fingerprint density at radius 3 is 2.50 bits per heavy atom. The number of carbonyl (C=O) groups is 2. The zero-order chi connectivity index (χ0) is 24.8. The molecule has 0 fully saturated rings. The second-order valence-corrected chi connectivity index (χ2v) is 10.00. The van der Waals surface area contributed by atoms with Crippen molar-refractivity contribution < 1.29 is 19.1 Å². The van der Waals surface area contributed by atoms with Crippen molar-refractivity contribution in [2.45, 2.75) is 44.0 Å². The molecule has 5 atom stereocenters. The van der Waals surface area contributed by atoms with Gasteiger partial charge in [0.25, 0.3) is 0 Å². The molecule has 0 spiro atoms. The maximum Gasteiger partial charge on any atom is 0.411 e. The van der Waals surface area contributed by atoms with E-state index >= 15 is 0 Å². The van der Waals surface area contributed by atoms with Crippen molar-refractivity contribution in [3.63, 3.8) is 0 Å². The molecule has 0 aromatic heterocycles. The summed E-state index contributed by atoms with van der Waals surface area (Å²) in [5, 5.41) is 4.01. The van der Waals surface area contributed by atoms with Crippen LogP contribution in [-0.4, -0.2) is 29.6 Å². The topological polar surface area (TPSA) is 67.9 Å². The number of anilines is 1. The first-order chi connectivity index (χ1) is 17.6. The number of nitrogens with zero attached hydrogens (tertiary/aromatic N) is 1. The summed E-state index contributed by atoms with van der Waals surface area (Å²) in [5.74, 6) is -0.462. The van der Waals surface area contributed by atoms with Crippen LogP contribution in [0.1, 0.15) is 53.6 Å². The molecule has 1 aliphatic carbocycles. The number of carbonyl (C=O) groups excluding carboxylic acids is 2. The number of benzene rings is 3. The van der Waals surface area contributed by atoms with Crippen molar-refractivity contribution in [1.29, 1.82) is 0 Å². The van der Waals surface area contributed by atoms with Gasteiger partial charge >= 0.3 is 12.1 Å². The summed E-state index contributed by atoms with van der Waals surface area (Å²) < 4.78 is 11.4. The van der Waals surface area contributed by atoms with Crippen molar-refractivity contribution >= 4 is 29.4 Å². The van der Waals surface area contributed by atoms with E-state index < -0.39 is 18.2 Å². The predicted octanol–water partition coefficient (Wildman–Crippen LogP) is 6.24. The van der Waals surface area contributed by atoms with Crippen LogP contribution in [0.5, 0.6) is 0 Å². The van der Waals surface area contributed by atoms with Gasteiger partial charge in [-0.05, 0) is 59.7 Å². The Labute approximate surface area is 215 Å². The van der Waals surface area contributed by atoms with Gasteiger partial charge in [-0.2, -0.15) is 0 Å². The van der Waals surface area contributed by atoms with Gasteiger partial charge in [0, 0.05) is 16.6 Å². The Balaban J connectivity index is 1.47. The zero-order valence-corrected chi connectivity index (χ0v) is 20.7. The molecule has 1 N–H and O–H groups in total. The summed E-state index contributed by atoms with van der Waals surface area (Å²) in [6, 6.07) is 22.3. The number of ether oxygens (including phenoxy) is 2. The van der Waals surface area contributed by atoms with Crippen LogP contribution in [-0.2, 0) is 20.9 Å². The fourth-order valence-electron chi connectivity index (χ4n) is 6.30. The van der Waals surface area contributed by atoms with Crippen LogP contribution >= 0.6 is 11.6 Å². The number of esters is 1. The molecule has 1 amide bonds. The number of nitrogens with one attached hydrogen (secondary N) is 1. The SMILES string of the molecule is CCOC(=O)[C@H]1Nc2ccc(Cl)cc2[C@@H]2[C@H]1C1CC(c3ccccc31)N2C(=O)OCc1ccccc1. The molecule has 7 heteroatoms. The van der Waals surface area contributed by atoms with Crippen LogP contribution in [0.3, 0.4) is 0 Å². The van der Waals surface area contributed by atoms with Gasteiger partial charge in [-0.3, -0.25) is 4.90 Å². The Morgan fingerprint density at radius 2 is 1.72 bits per heavy atom. The normalized spacial score (nSPS) is 25.2. The monoisotopic (exact) mass is 502 g/mol. The van der Waals surface area contributed by atoms with E-state index in [1.807, 2.05) is 59.5 Å². The Kier molecular flexibility index (Phi) is 5.84. The third-order valence-corrected chi connectivity index (χ3v) is 7.92. The van der Waals surface area contributed by atoms with Crippen LogP contribution in [0.4, 0.5) is 10.5 Å². The first-order valence-electron chi connectivity index (χ1n) is 12.4. The van der Waals surface area contributed by atoms with Crippen molar-refractivity contribution in [2.75, 3.05) is 11.9 Å². The number of hydrogen-bond acceptors (Lipinski definition) is 5. The minimum Gasteiger partial charge on any atom is -0.464 e. The number of piperidine rings is 1. The predicted molar refractivity (Wildman–Crippen MR) is 137 cm³/mol. The summed E-state index contributed by atoms with van der Waals surface area (Å²) in [6.45, 7) is 2.27. The van der Waals surface area contributed by atoms with E-state index in [4.69, 9.17) is 21.1 Å². The molecular weight excluding hydrogens is 476 g/mol. The molecule has 0 saturated carbocycles. The first-order valence-corrected chi connectivity index (χ1v) is 12.7. The molecule has 6 rings (SSSR count). The van der Waals surface area contributed by atoms with Gasteiger partial charge in [-0.1, -0.05) is 66.2 Å². The maximum absolute atomic E-state index is 13.9. The lowest BCUT2D eigenvalue weighted by atomic mass is 9.70. The van der Waals surface area contributed by atoms with Crippen LogP contribution in [0, 0.1) is 5.92 Å². The van der Waals surface area contributed by atoms with E-state index in [0.717, 1.165) is 28.8 Å². The largest absolute Gasteiger partial charge is 0.464 e. The molecule has 0 radical (unpaired) electrons. The van der Waals surface area contributed by atoms with Gasteiger partial charge in [0.15, 0.2) is 0 Å². The van der Waals surface area contributed by atoms with E-state index in [9.17, 15) is 9.59 Å². The Morgan fingerprint density at radius 1 is 0.972 bits per heavy atom. The quantitative estimate of drug-likeness (QED) is 0.428. The molecule has 2 bridgehead atoms. The third-order valence-electron chi connectivity index (χ3n) is 7.68. The van der Waals surface area contributed by atoms with Crippen LogP contribution in [0.15, 0.2) is 72.8 Å². The Hall–Kier alpha value is -3.51. The van der Waals surface area contributed by atoms with E-state index in [-0.39, 0.29) is 37.1 Å². The molecule has 2 heterocycles. The van der Waals surface area contributed by atoms with Crippen molar-refractivity contribution in [1.82, 2.24) is 4.90 Å². The van der Waals surface area contributed by atoms with Gasteiger partial charge in [0.1, 0.15) is 12.6 Å². The third kappa shape index (κ3) is 3.71. The lowest BCUT2D eigenvalue weighted by Gasteiger charge is -2.50. The molecule has 0 saturated heterocycles. The molecule has 184 valence electrons. The molecule has 36 heavy (non-hydrogen) atoms. The number of halogens is 1. The second kappa shape index (κ2) is 9.17. The van der Waals surface area contributed by atoms with Crippen LogP contribution in [0.2, 0.25) is 5.02 Å². The number of rotatable bonds is 4. The standard InChI is InChI=1S/C29H27ClN2O4/c1-2-35-28(33)26-25-21-15-24(20-11-7-6-10-19(20)21)32(29(34)36-16-17-8-4-3-5-9-17)27(25)22-14-18(30)12-13-23(22)31-26/h3-14,21,24-27,31H,2,15-16H2,1H3/t21?,24?,25-,26-,27+/m0/s1. The van der Waals surface area contributed by atoms with Crippen LogP contribution < -0.4 is 5.32 Å². The molecular formula is C29H27ClN2O4. The molecule has 3 aromatic carbocycles. The van der Waals surface area contributed by atoms with E-state index in [0.29, 0.717) is 5.02 Å². The fraction of sp³-hybridized carbons (Fsp3) is 0.310. The number of fused-ring (bicyclic) bond motifs is 4. The lowest BCUT2D eigenvalue weighted by Crippen LogP contribution is -2.55. The van der Waals surface area contributed by atoms with Gasteiger partial charge in [-0.15, -0.1) is 0 Å². The summed E-state index contributed by atoms with van der Waals surface area (Å²) >= 11 is 6.45. The lowest BCUT2D eigenvalue weighted by molar-refractivity contribution is -0.147. The summed E-state index contributed by atoms with van der Waals surface area (Å²) in [6.07, 6.45) is 0.332. The highest BCUT2D eigenvalue weighted by Crippen LogP contribution is 2.61. The first kappa shape index (κ1) is 22.9. The number of hydrogen-bond donors (Lipinski definition) is 1. The van der Waals surface area contributed by atoms with Crippen molar-refractivity contribution in [3.05, 3.63) is 100 Å². The van der Waals surface area contributed by atoms with Gasteiger partial charge in [-0.25, -0.2) is 9.59 Å². The number of amides is 1. The zero-order valence-electron chi connectivity index (χ0n) is 19.9. The van der Waals surface area contributed by atoms with Gasteiger partial charge in [0.05, 0.1) is 18.7 Å². The van der Waals surface area contributed by atoms with E-state index in [1.165, 1.54) is 5.56 Å². The average molecular weight is 503 g/mol. The van der Waals surface area contributed by atoms with Crippen LogP contribution in [0.25, 0.3) is 0 Å². The molecule has 3 aromatic rings. The van der Waals surface area contributed by atoms with E-state index in [2.05, 4.69) is 17.4 Å².